The van der Waals surface area contributed by atoms with E-state index in [4.69, 9.17) is 0 Å². The highest BCUT2D eigenvalue weighted by Crippen LogP contribution is 2.46. The zero-order valence-corrected chi connectivity index (χ0v) is 5.59. The fourth-order valence-corrected chi connectivity index (χ4v) is 1.60. The normalized spacial score (nSPS) is 60.8. The fraction of sp³-hybridized carbons (Fsp3) is 1.00. The third-order valence-corrected chi connectivity index (χ3v) is 2.57. The van der Waals surface area contributed by atoms with Crippen LogP contribution in [-0.4, -0.2) is 24.5 Å². The summed E-state index contributed by atoms with van der Waals surface area (Å²) in [6, 6.07) is 0.991. The van der Waals surface area contributed by atoms with E-state index in [2.05, 4.69) is 18.9 Å². The number of hydrogen-bond donors (Lipinski definition) is 0. The van der Waals surface area contributed by atoms with E-state index in [1.807, 2.05) is 0 Å². The van der Waals surface area contributed by atoms with Crippen LogP contribution in [0.2, 0.25) is 0 Å². The highest BCUT2D eigenvalue weighted by molar-refractivity contribution is 5.01. The minimum atomic E-state index is 0.991. The van der Waals surface area contributed by atoms with Crippen LogP contribution in [0.3, 0.4) is 0 Å². The smallest absolute Gasteiger partial charge is 0.0251 e. The van der Waals surface area contributed by atoms with Crippen molar-refractivity contribution < 1.29 is 0 Å². The van der Waals surface area contributed by atoms with Gasteiger partial charge in [0, 0.05) is 12.6 Å². The molecular weight excluding hydrogens is 98.1 g/mol. The van der Waals surface area contributed by atoms with Crippen molar-refractivity contribution in [2.45, 2.75) is 19.4 Å². The number of likely N-dealkylation sites (N-methyl/N-ethyl adjacent to an activating group) is 1. The topological polar surface area (TPSA) is 3.01 Å². The van der Waals surface area contributed by atoms with Crippen molar-refractivity contribution in [2.24, 2.45) is 11.8 Å². The van der Waals surface area contributed by atoms with Crippen molar-refractivity contribution in [1.82, 2.24) is 4.90 Å². The molecule has 1 nitrogen and oxygen atoms in total. The molecule has 1 heteroatoms. The van der Waals surface area contributed by atoms with Crippen molar-refractivity contribution in [1.29, 1.82) is 0 Å². The molecule has 4 atom stereocenters. The van der Waals surface area contributed by atoms with Gasteiger partial charge in [0.2, 0.25) is 0 Å². The Kier molecular flexibility index (Phi) is 0.762. The van der Waals surface area contributed by atoms with E-state index in [-0.39, 0.29) is 0 Å². The predicted octanol–water partition coefficient (Wildman–Crippen LogP) is 0.956. The van der Waals surface area contributed by atoms with Gasteiger partial charge in [-0.05, 0) is 25.3 Å². The van der Waals surface area contributed by atoms with E-state index in [1.165, 1.54) is 13.0 Å². The SMILES string of the molecule is CC1C[C@@H]1C1CN1C. The summed E-state index contributed by atoms with van der Waals surface area (Å²) in [6.45, 7) is 3.73. The Balaban J connectivity index is 1.86. The molecule has 1 aliphatic carbocycles. The molecule has 2 fully saturated rings. The molecule has 2 aliphatic rings. The molecule has 1 heterocycles. The molecular formula is C7H13N. The van der Waals surface area contributed by atoms with Gasteiger partial charge in [0.1, 0.15) is 0 Å². The monoisotopic (exact) mass is 111 g/mol. The number of nitrogens with zero attached hydrogens (tertiary/aromatic N) is 1. The summed E-state index contributed by atoms with van der Waals surface area (Å²) in [5.41, 5.74) is 0. The first-order chi connectivity index (χ1) is 3.79. The first-order valence-electron chi connectivity index (χ1n) is 3.49. The van der Waals surface area contributed by atoms with Gasteiger partial charge in [-0.15, -0.1) is 0 Å². The van der Waals surface area contributed by atoms with Crippen molar-refractivity contribution >= 4 is 0 Å². The van der Waals surface area contributed by atoms with E-state index >= 15 is 0 Å². The Bertz CT molecular complexity index is 97.0. The summed E-state index contributed by atoms with van der Waals surface area (Å²) in [5.74, 6) is 2.13. The Morgan fingerprint density at radius 1 is 1.50 bits per heavy atom. The quantitative estimate of drug-likeness (QED) is 0.455. The Morgan fingerprint density at radius 3 is 2.12 bits per heavy atom. The van der Waals surface area contributed by atoms with Gasteiger partial charge in [-0.25, -0.2) is 0 Å². The molecule has 0 spiro atoms. The van der Waals surface area contributed by atoms with Crippen LogP contribution in [0, 0.1) is 11.8 Å². The molecule has 8 heavy (non-hydrogen) atoms. The highest BCUT2D eigenvalue weighted by atomic mass is 15.3. The molecule has 0 radical (unpaired) electrons. The molecule has 3 unspecified atom stereocenters. The summed E-state index contributed by atoms with van der Waals surface area (Å²) in [6.07, 6.45) is 1.50. The Labute approximate surface area is 50.7 Å². The van der Waals surface area contributed by atoms with Gasteiger partial charge in [0.05, 0.1) is 0 Å². The van der Waals surface area contributed by atoms with Gasteiger partial charge in [0.25, 0.3) is 0 Å². The van der Waals surface area contributed by atoms with Gasteiger partial charge in [-0.1, -0.05) is 6.92 Å². The molecule has 46 valence electrons. The fourth-order valence-electron chi connectivity index (χ4n) is 1.60. The van der Waals surface area contributed by atoms with E-state index in [9.17, 15) is 0 Å². The minimum Gasteiger partial charge on any atom is -0.300 e. The zero-order chi connectivity index (χ0) is 5.72. The van der Waals surface area contributed by atoms with Gasteiger partial charge < -0.3 is 4.90 Å². The number of hydrogen-bond acceptors (Lipinski definition) is 1. The summed E-state index contributed by atoms with van der Waals surface area (Å²) in [4.78, 5) is 2.44. The van der Waals surface area contributed by atoms with Crippen LogP contribution in [0.4, 0.5) is 0 Å². The number of rotatable bonds is 1. The van der Waals surface area contributed by atoms with E-state index in [0.717, 1.165) is 17.9 Å². The molecule has 2 rings (SSSR count). The Morgan fingerprint density at radius 2 is 2.00 bits per heavy atom. The van der Waals surface area contributed by atoms with Crippen LogP contribution in [0.5, 0.6) is 0 Å². The van der Waals surface area contributed by atoms with Crippen LogP contribution >= 0.6 is 0 Å². The second-order valence-electron chi connectivity index (χ2n) is 3.38. The van der Waals surface area contributed by atoms with Crippen molar-refractivity contribution in [2.75, 3.05) is 13.6 Å². The van der Waals surface area contributed by atoms with E-state index in [0.29, 0.717) is 0 Å². The van der Waals surface area contributed by atoms with E-state index in [1.54, 1.807) is 0 Å². The van der Waals surface area contributed by atoms with Crippen molar-refractivity contribution in [3.63, 3.8) is 0 Å². The molecule has 0 bridgehead atoms. The molecule has 0 aromatic rings. The minimum absolute atomic E-state index is 0.991. The van der Waals surface area contributed by atoms with Gasteiger partial charge in [-0.3, -0.25) is 0 Å². The summed E-state index contributed by atoms with van der Waals surface area (Å²) in [5, 5.41) is 0. The van der Waals surface area contributed by atoms with Gasteiger partial charge in [0.15, 0.2) is 0 Å². The van der Waals surface area contributed by atoms with Crippen molar-refractivity contribution in [3.05, 3.63) is 0 Å². The maximum Gasteiger partial charge on any atom is 0.0251 e. The molecule has 0 aromatic carbocycles. The average Bonchev–Trinajstić information content (AvgIpc) is 2.47. The van der Waals surface area contributed by atoms with Crippen LogP contribution in [-0.2, 0) is 0 Å². The second-order valence-corrected chi connectivity index (χ2v) is 3.38. The molecule has 1 saturated carbocycles. The molecule has 0 N–H and O–H groups in total. The lowest BCUT2D eigenvalue weighted by Gasteiger charge is -1.89. The first-order valence-corrected chi connectivity index (χ1v) is 3.49. The molecule has 1 saturated heterocycles. The summed E-state index contributed by atoms with van der Waals surface area (Å²) < 4.78 is 0. The van der Waals surface area contributed by atoms with Crippen LogP contribution < -0.4 is 0 Å². The highest BCUT2D eigenvalue weighted by Gasteiger charge is 2.48. The lowest BCUT2D eigenvalue weighted by Crippen LogP contribution is -1.96. The summed E-state index contributed by atoms with van der Waals surface area (Å²) >= 11 is 0. The third kappa shape index (κ3) is 0.576. The standard InChI is InChI=1S/C7H13N/c1-5-3-6(5)7-4-8(7)2/h5-7H,3-4H2,1-2H3/t5?,6-,7?,8?/m0/s1. The molecule has 0 amide bonds. The van der Waals surface area contributed by atoms with Gasteiger partial charge >= 0.3 is 0 Å². The maximum atomic E-state index is 2.44. The second kappa shape index (κ2) is 1.27. The summed E-state index contributed by atoms with van der Waals surface area (Å²) in [7, 11) is 2.22. The van der Waals surface area contributed by atoms with Crippen LogP contribution in [0.1, 0.15) is 13.3 Å². The average molecular weight is 111 g/mol. The first kappa shape index (κ1) is 4.80. The van der Waals surface area contributed by atoms with Crippen LogP contribution in [0.25, 0.3) is 0 Å². The van der Waals surface area contributed by atoms with Crippen LogP contribution in [0.15, 0.2) is 0 Å². The Hall–Kier alpha value is -0.0400. The third-order valence-electron chi connectivity index (χ3n) is 2.57. The van der Waals surface area contributed by atoms with Crippen molar-refractivity contribution in [3.8, 4) is 0 Å². The molecule has 1 aliphatic heterocycles. The largest absolute Gasteiger partial charge is 0.300 e. The zero-order valence-electron chi connectivity index (χ0n) is 5.59. The predicted molar refractivity (Wildman–Crippen MR) is 33.7 cm³/mol. The maximum absolute atomic E-state index is 2.44. The van der Waals surface area contributed by atoms with E-state index < -0.39 is 0 Å². The van der Waals surface area contributed by atoms with Gasteiger partial charge in [-0.2, -0.15) is 0 Å². The molecule has 0 aromatic heterocycles. The lowest BCUT2D eigenvalue weighted by molar-refractivity contribution is 0.557. The lowest BCUT2D eigenvalue weighted by atomic mass is 10.3.